The SMILES string of the molecule is COC(=O)C1CCCCN1C(=O)CN(C)C(C)=O. The zero-order valence-corrected chi connectivity index (χ0v) is 11.1. The van der Waals surface area contributed by atoms with Gasteiger partial charge in [0, 0.05) is 20.5 Å². The molecular weight excluding hydrogens is 236 g/mol. The molecule has 2 amide bonds. The summed E-state index contributed by atoms with van der Waals surface area (Å²) in [7, 11) is 2.89. The summed E-state index contributed by atoms with van der Waals surface area (Å²) in [6.45, 7) is 1.95. The molecule has 1 saturated heterocycles. The summed E-state index contributed by atoms with van der Waals surface area (Å²) in [5, 5.41) is 0. The Bertz CT molecular complexity index is 343. The number of amides is 2. The maximum atomic E-state index is 12.1. The van der Waals surface area contributed by atoms with Crippen molar-refractivity contribution >= 4 is 17.8 Å². The van der Waals surface area contributed by atoms with Crippen molar-refractivity contribution in [2.24, 2.45) is 0 Å². The molecule has 0 saturated carbocycles. The number of ether oxygens (including phenoxy) is 1. The van der Waals surface area contributed by atoms with Crippen molar-refractivity contribution in [1.82, 2.24) is 9.80 Å². The van der Waals surface area contributed by atoms with E-state index in [2.05, 4.69) is 0 Å². The molecule has 1 aliphatic rings. The van der Waals surface area contributed by atoms with E-state index in [0.29, 0.717) is 13.0 Å². The fourth-order valence-corrected chi connectivity index (χ4v) is 2.02. The molecule has 1 unspecified atom stereocenters. The predicted octanol–water partition coefficient (Wildman–Crippen LogP) is 0.0188. The number of esters is 1. The van der Waals surface area contributed by atoms with Crippen LogP contribution in [-0.4, -0.2) is 60.9 Å². The minimum absolute atomic E-state index is 0.00281. The van der Waals surface area contributed by atoms with Crippen LogP contribution in [0.4, 0.5) is 0 Å². The number of hydrogen-bond acceptors (Lipinski definition) is 4. The largest absolute Gasteiger partial charge is 0.467 e. The van der Waals surface area contributed by atoms with Gasteiger partial charge in [0.15, 0.2) is 0 Å². The Kier molecular flexibility index (Phi) is 5.12. The van der Waals surface area contributed by atoms with Gasteiger partial charge in [0.1, 0.15) is 6.04 Å². The molecule has 1 atom stereocenters. The fourth-order valence-electron chi connectivity index (χ4n) is 2.02. The number of methoxy groups -OCH3 is 1. The zero-order chi connectivity index (χ0) is 13.7. The fraction of sp³-hybridized carbons (Fsp3) is 0.750. The van der Waals surface area contributed by atoms with Crippen molar-refractivity contribution < 1.29 is 19.1 Å². The Labute approximate surface area is 107 Å². The average molecular weight is 256 g/mol. The number of likely N-dealkylation sites (N-methyl/N-ethyl adjacent to an activating group) is 1. The van der Waals surface area contributed by atoms with Crippen LogP contribution in [0, 0.1) is 0 Å². The summed E-state index contributed by atoms with van der Waals surface area (Å²) >= 11 is 0. The Morgan fingerprint density at radius 2 is 2.00 bits per heavy atom. The second kappa shape index (κ2) is 6.37. The minimum atomic E-state index is -0.503. The summed E-state index contributed by atoms with van der Waals surface area (Å²) in [6, 6.07) is -0.503. The molecule has 0 aromatic carbocycles. The third kappa shape index (κ3) is 3.45. The van der Waals surface area contributed by atoms with Gasteiger partial charge in [-0.3, -0.25) is 9.59 Å². The van der Waals surface area contributed by atoms with Gasteiger partial charge in [0.05, 0.1) is 13.7 Å². The number of nitrogens with zero attached hydrogens (tertiary/aromatic N) is 2. The molecule has 0 N–H and O–H groups in total. The van der Waals surface area contributed by atoms with E-state index in [1.807, 2.05) is 0 Å². The van der Waals surface area contributed by atoms with Crippen molar-refractivity contribution in [2.45, 2.75) is 32.2 Å². The summed E-state index contributed by atoms with van der Waals surface area (Å²) in [5.74, 6) is -0.758. The molecule has 0 radical (unpaired) electrons. The number of hydrogen-bond donors (Lipinski definition) is 0. The molecule has 0 aromatic heterocycles. The molecular formula is C12H20N2O4. The molecule has 1 fully saturated rings. The van der Waals surface area contributed by atoms with E-state index in [9.17, 15) is 14.4 Å². The summed E-state index contributed by atoms with van der Waals surface area (Å²) in [6.07, 6.45) is 2.41. The standard InChI is InChI=1S/C12H20N2O4/c1-9(15)13(2)8-11(16)14-7-5-4-6-10(14)12(17)18-3/h10H,4-8H2,1-3H3. The van der Waals surface area contributed by atoms with Gasteiger partial charge in [0.25, 0.3) is 0 Å². The first kappa shape index (κ1) is 14.5. The molecule has 0 bridgehead atoms. The Hall–Kier alpha value is -1.59. The van der Waals surface area contributed by atoms with E-state index >= 15 is 0 Å². The molecule has 0 aromatic rings. The van der Waals surface area contributed by atoms with Crippen LogP contribution in [0.25, 0.3) is 0 Å². The third-order valence-corrected chi connectivity index (χ3v) is 3.21. The lowest BCUT2D eigenvalue weighted by atomic mass is 10.0. The number of carbonyl (C=O) groups excluding carboxylic acids is 3. The van der Waals surface area contributed by atoms with E-state index < -0.39 is 6.04 Å². The van der Waals surface area contributed by atoms with Gasteiger partial charge in [-0.25, -0.2) is 4.79 Å². The van der Waals surface area contributed by atoms with E-state index in [1.165, 1.54) is 23.8 Å². The lowest BCUT2D eigenvalue weighted by Crippen LogP contribution is -2.51. The highest BCUT2D eigenvalue weighted by atomic mass is 16.5. The van der Waals surface area contributed by atoms with Crippen molar-refractivity contribution in [2.75, 3.05) is 27.2 Å². The summed E-state index contributed by atoms with van der Waals surface area (Å²) in [5.41, 5.74) is 0. The minimum Gasteiger partial charge on any atom is -0.467 e. The van der Waals surface area contributed by atoms with Crippen LogP contribution >= 0.6 is 0 Å². The molecule has 1 rings (SSSR count). The molecule has 0 spiro atoms. The van der Waals surface area contributed by atoms with Crippen LogP contribution in [0.15, 0.2) is 0 Å². The monoisotopic (exact) mass is 256 g/mol. The highest BCUT2D eigenvalue weighted by molar-refractivity contribution is 5.88. The Morgan fingerprint density at radius 3 is 2.56 bits per heavy atom. The second-order valence-electron chi connectivity index (χ2n) is 4.50. The van der Waals surface area contributed by atoms with Gasteiger partial charge < -0.3 is 14.5 Å². The Balaban J connectivity index is 2.68. The van der Waals surface area contributed by atoms with Gasteiger partial charge in [-0.15, -0.1) is 0 Å². The van der Waals surface area contributed by atoms with Crippen molar-refractivity contribution in [3.8, 4) is 0 Å². The molecule has 102 valence electrons. The van der Waals surface area contributed by atoms with Gasteiger partial charge in [-0.1, -0.05) is 0 Å². The lowest BCUT2D eigenvalue weighted by Gasteiger charge is -2.34. The van der Waals surface area contributed by atoms with Crippen molar-refractivity contribution in [3.63, 3.8) is 0 Å². The van der Waals surface area contributed by atoms with Crippen molar-refractivity contribution in [1.29, 1.82) is 0 Å². The van der Waals surface area contributed by atoms with Gasteiger partial charge >= 0.3 is 5.97 Å². The molecule has 6 nitrogen and oxygen atoms in total. The van der Waals surface area contributed by atoms with Crippen LogP contribution in [0.1, 0.15) is 26.2 Å². The van der Waals surface area contributed by atoms with Crippen LogP contribution in [0.2, 0.25) is 0 Å². The van der Waals surface area contributed by atoms with Gasteiger partial charge in [-0.2, -0.15) is 0 Å². The molecule has 0 aliphatic carbocycles. The van der Waals surface area contributed by atoms with Crippen LogP contribution in [0.5, 0.6) is 0 Å². The first-order valence-corrected chi connectivity index (χ1v) is 6.06. The highest BCUT2D eigenvalue weighted by Crippen LogP contribution is 2.18. The van der Waals surface area contributed by atoms with E-state index in [4.69, 9.17) is 4.74 Å². The molecule has 18 heavy (non-hydrogen) atoms. The maximum Gasteiger partial charge on any atom is 0.328 e. The molecule has 6 heteroatoms. The average Bonchev–Trinajstić information content (AvgIpc) is 2.37. The predicted molar refractivity (Wildman–Crippen MR) is 64.7 cm³/mol. The summed E-state index contributed by atoms with van der Waals surface area (Å²) < 4.78 is 4.71. The van der Waals surface area contributed by atoms with Gasteiger partial charge in [-0.05, 0) is 19.3 Å². The van der Waals surface area contributed by atoms with Crippen molar-refractivity contribution in [3.05, 3.63) is 0 Å². The highest BCUT2D eigenvalue weighted by Gasteiger charge is 2.33. The maximum absolute atomic E-state index is 12.1. The van der Waals surface area contributed by atoms with Crippen LogP contribution in [-0.2, 0) is 19.1 Å². The number of piperidine rings is 1. The number of likely N-dealkylation sites (tertiary alicyclic amines) is 1. The Morgan fingerprint density at radius 1 is 1.33 bits per heavy atom. The number of rotatable bonds is 3. The lowest BCUT2D eigenvalue weighted by molar-refractivity contribution is -0.155. The van der Waals surface area contributed by atoms with E-state index in [0.717, 1.165) is 12.8 Å². The first-order chi connectivity index (χ1) is 8.47. The third-order valence-electron chi connectivity index (χ3n) is 3.21. The zero-order valence-electron chi connectivity index (χ0n) is 11.1. The van der Waals surface area contributed by atoms with Crippen LogP contribution in [0.3, 0.4) is 0 Å². The molecule has 1 heterocycles. The number of carbonyl (C=O) groups is 3. The quantitative estimate of drug-likeness (QED) is 0.668. The topological polar surface area (TPSA) is 66.9 Å². The van der Waals surface area contributed by atoms with E-state index in [1.54, 1.807) is 7.05 Å². The van der Waals surface area contributed by atoms with Crippen LogP contribution < -0.4 is 0 Å². The smallest absolute Gasteiger partial charge is 0.328 e. The first-order valence-electron chi connectivity index (χ1n) is 6.06. The van der Waals surface area contributed by atoms with E-state index in [-0.39, 0.29) is 24.3 Å². The second-order valence-corrected chi connectivity index (χ2v) is 4.50. The molecule has 1 aliphatic heterocycles. The summed E-state index contributed by atoms with van der Waals surface area (Å²) in [4.78, 5) is 37.6. The van der Waals surface area contributed by atoms with Gasteiger partial charge in [0.2, 0.25) is 11.8 Å². The normalized spacial score (nSPS) is 19.3.